The molecule has 2 rings (SSSR count). The number of thiazole rings is 1. The van der Waals surface area contributed by atoms with E-state index in [0.717, 1.165) is 16.3 Å². The second kappa shape index (κ2) is 6.49. The zero-order valence-corrected chi connectivity index (χ0v) is 12.6. The number of carbonyl (C=O) groups is 2. The van der Waals surface area contributed by atoms with Gasteiger partial charge in [-0.05, 0) is 25.5 Å². The Labute approximate surface area is 126 Å². The molecule has 6 heteroatoms. The number of benzene rings is 1. The summed E-state index contributed by atoms with van der Waals surface area (Å²) in [5.74, 6) is -1.42. The van der Waals surface area contributed by atoms with Gasteiger partial charge < -0.3 is 10.4 Å². The van der Waals surface area contributed by atoms with Crippen molar-refractivity contribution in [2.45, 2.75) is 26.3 Å². The van der Waals surface area contributed by atoms with Gasteiger partial charge in [-0.25, -0.2) is 9.78 Å². The van der Waals surface area contributed by atoms with E-state index in [-0.39, 0.29) is 5.91 Å². The molecule has 0 saturated carbocycles. The van der Waals surface area contributed by atoms with Gasteiger partial charge in [0.2, 0.25) is 0 Å². The number of aliphatic carboxylic acids is 1. The van der Waals surface area contributed by atoms with Crippen LogP contribution < -0.4 is 5.32 Å². The zero-order valence-electron chi connectivity index (χ0n) is 11.8. The summed E-state index contributed by atoms with van der Waals surface area (Å²) in [6, 6.07) is 6.16. The van der Waals surface area contributed by atoms with Gasteiger partial charge in [-0.2, -0.15) is 0 Å². The standard InChI is InChI=1S/C15H16N2O3S/c1-3-12(15(19)20)17-13(18)10-5-4-6-11(7-10)14-16-9(2)8-21-14/h4-8,12H,3H2,1-2H3,(H,17,18)(H,19,20). The van der Waals surface area contributed by atoms with Crippen LogP contribution in [0.25, 0.3) is 10.6 Å². The number of carbonyl (C=O) groups excluding carboxylic acids is 1. The highest BCUT2D eigenvalue weighted by Crippen LogP contribution is 2.24. The van der Waals surface area contributed by atoms with E-state index in [4.69, 9.17) is 5.11 Å². The first kappa shape index (κ1) is 15.2. The number of aromatic nitrogens is 1. The molecule has 0 spiro atoms. The third-order valence-corrected chi connectivity index (χ3v) is 4.01. The average Bonchev–Trinajstić information content (AvgIpc) is 2.91. The molecule has 1 heterocycles. The highest BCUT2D eigenvalue weighted by molar-refractivity contribution is 7.13. The average molecular weight is 304 g/mol. The van der Waals surface area contributed by atoms with Crippen molar-refractivity contribution in [3.63, 3.8) is 0 Å². The van der Waals surface area contributed by atoms with Gasteiger partial charge in [0.25, 0.3) is 5.91 Å². The highest BCUT2D eigenvalue weighted by Gasteiger charge is 2.18. The number of carboxylic acid groups (broad SMARTS) is 1. The van der Waals surface area contributed by atoms with Crippen LogP contribution in [0, 0.1) is 6.92 Å². The van der Waals surface area contributed by atoms with E-state index >= 15 is 0 Å². The van der Waals surface area contributed by atoms with Gasteiger partial charge in [0.1, 0.15) is 11.0 Å². The summed E-state index contributed by atoms with van der Waals surface area (Å²) < 4.78 is 0. The van der Waals surface area contributed by atoms with E-state index < -0.39 is 12.0 Å². The molecule has 1 unspecified atom stereocenters. The lowest BCUT2D eigenvalue weighted by Gasteiger charge is -2.12. The Bertz CT molecular complexity index is 666. The van der Waals surface area contributed by atoms with Crippen LogP contribution in [0.5, 0.6) is 0 Å². The molecule has 0 aliphatic heterocycles. The third-order valence-electron chi connectivity index (χ3n) is 3.00. The monoisotopic (exact) mass is 304 g/mol. The maximum atomic E-state index is 12.1. The van der Waals surface area contributed by atoms with Crippen LogP contribution in [0.3, 0.4) is 0 Å². The quantitative estimate of drug-likeness (QED) is 0.890. The Balaban J connectivity index is 2.21. The van der Waals surface area contributed by atoms with Crippen LogP contribution in [0.2, 0.25) is 0 Å². The molecule has 1 aromatic heterocycles. The third kappa shape index (κ3) is 3.66. The van der Waals surface area contributed by atoms with Gasteiger partial charge in [-0.1, -0.05) is 19.1 Å². The van der Waals surface area contributed by atoms with Crippen molar-refractivity contribution >= 4 is 23.2 Å². The highest BCUT2D eigenvalue weighted by atomic mass is 32.1. The Morgan fingerprint density at radius 2 is 2.19 bits per heavy atom. The van der Waals surface area contributed by atoms with Gasteiger partial charge in [-0.3, -0.25) is 4.79 Å². The molecule has 1 amide bonds. The number of amides is 1. The number of nitrogens with one attached hydrogen (secondary N) is 1. The van der Waals surface area contributed by atoms with Crippen molar-refractivity contribution in [3.8, 4) is 10.6 Å². The molecule has 110 valence electrons. The van der Waals surface area contributed by atoms with E-state index in [1.54, 1.807) is 25.1 Å². The van der Waals surface area contributed by atoms with E-state index in [9.17, 15) is 9.59 Å². The summed E-state index contributed by atoms with van der Waals surface area (Å²) in [5.41, 5.74) is 2.21. The number of hydrogen-bond acceptors (Lipinski definition) is 4. The molecule has 2 aromatic rings. The molecule has 5 nitrogen and oxygen atoms in total. The SMILES string of the molecule is CCC(NC(=O)c1cccc(-c2nc(C)cs2)c1)C(=O)O. The Kier molecular flexibility index (Phi) is 4.70. The second-order valence-corrected chi connectivity index (χ2v) is 5.51. The molecular formula is C15H16N2O3S. The number of rotatable bonds is 5. The Morgan fingerprint density at radius 3 is 2.76 bits per heavy atom. The van der Waals surface area contributed by atoms with E-state index in [1.807, 2.05) is 18.4 Å². The van der Waals surface area contributed by atoms with Crippen molar-refractivity contribution < 1.29 is 14.7 Å². The number of hydrogen-bond donors (Lipinski definition) is 2. The molecule has 2 N–H and O–H groups in total. The smallest absolute Gasteiger partial charge is 0.326 e. The van der Waals surface area contributed by atoms with E-state index in [2.05, 4.69) is 10.3 Å². The fraction of sp³-hybridized carbons (Fsp3) is 0.267. The van der Waals surface area contributed by atoms with E-state index in [0.29, 0.717) is 12.0 Å². The fourth-order valence-electron chi connectivity index (χ4n) is 1.86. The summed E-state index contributed by atoms with van der Waals surface area (Å²) in [6.45, 7) is 3.63. The van der Waals surface area contributed by atoms with Gasteiger partial charge in [0.05, 0.1) is 0 Å². The minimum absolute atomic E-state index is 0.340. The number of carboxylic acids is 1. The number of nitrogens with zero attached hydrogens (tertiary/aromatic N) is 1. The summed E-state index contributed by atoms with van der Waals surface area (Å²) >= 11 is 1.51. The lowest BCUT2D eigenvalue weighted by Crippen LogP contribution is -2.40. The molecule has 0 aliphatic carbocycles. The van der Waals surface area contributed by atoms with Crippen molar-refractivity contribution in [1.82, 2.24) is 10.3 Å². The molecule has 21 heavy (non-hydrogen) atoms. The van der Waals surface area contributed by atoms with Gasteiger partial charge >= 0.3 is 5.97 Å². The molecule has 1 atom stereocenters. The normalized spacial score (nSPS) is 11.9. The van der Waals surface area contributed by atoms with Crippen LogP contribution in [0.15, 0.2) is 29.6 Å². The lowest BCUT2D eigenvalue weighted by atomic mass is 10.1. The molecule has 0 fully saturated rings. The van der Waals surface area contributed by atoms with Crippen molar-refractivity contribution in [2.75, 3.05) is 0 Å². The minimum Gasteiger partial charge on any atom is -0.480 e. The van der Waals surface area contributed by atoms with Crippen molar-refractivity contribution in [2.24, 2.45) is 0 Å². The molecular weight excluding hydrogens is 288 g/mol. The van der Waals surface area contributed by atoms with Gasteiger partial charge in [0, 0.05) is 22.2 Å². The number of aryl methyl sites for hydroxylation is 1. The molecule has 1 aromatic carbocycles. The van der Waals surface area contributed by atoms with Crippen LogP contribution in [0.1, 0.15) is 29.4 Å². The van der Waals surface area contributed by atoms with Crippen LogP contribution in [-0.2, 0) is 4.79 Å². The molecule has 0 radical (unpaired) electrons. The zero-order chi connectivity index (χ0) is 15.4. The summed E-state index contributed by atoms with van der Waals surface area (Å²) in [4.78, 5) is 27.5. The predicted octanol–water partition coefficient (Wildman–Crippen LogP) is 2.71. The maximum Gasteiger partial charge on any atom is 0.326 e. The van der Waals surface area contributed by atoms with Crippen LogP contribution in [0.4, 0.5) is 0 Å². The summed E-state index contributed by atoms with van der Waals surface area (Å²) in [7, 11) is 0. The lowest BCUT2D eigenvalue weighted by molar-refractivity contribution is -0.139. The second-order valence-electron chi connectivity index (χ2n) is 4.65. The van der Waals surface area contributed by atoms with Crippen molar-refractivity contribution in [3.05, 3.63) is 40.9 Å². The first-order valence-electron chi connectivity index (χ1n) is 6.57. The maximum absolute atomic E-state index is 12.1. The summed E-state index contributed by atoms with van der Waals surface area (Å²) in [5, 5.41) is 14.3. The molecule has 0 bridgehead atoms. The summed E-state index contributed by atoms with van der Waals surface area (Å²) in [6.07, 6.45) is 0.340. The van der Waals surface area contributed by atoms with Crippen molar-refractivity contribution in [1.29, 1.82) is 0 Å². The van der Waals surface area contributed by atoms with Gasteiger partial charge in [-0.15, -0.1) is 11.3 Å². The molecule has 0 saturated heterocycles. The Morgan fingerprint density at radius 1 is 1.43 bits per heavy atom. The molecule has 0 aliphatic rings. The van der Waals surface area contributed by atoms with E-state index in [1.165, 1.54) is 11.3 Å². The first-order valence-corrected chi connectivity index (χ1v) is 7.45. The Hall–Kier alpha value is -2.21. The first-order chi connectivity index (χ1) is 10.0. The van der Waals surface area contributed by atoms with Crippen LogP contribution in [-0.4, -0.2) is 28.0 Å². The predicted molar refractivity (Wildman–Crippen MR) is 81.5 cm³/mol. The van der Waals surface area contributed by atoms with Crippen LogP contribution >= 0.6 is 11.3 Å². The van der Waals surface area contributed by atoms with Gasteiger partial charge in [0.15, 0.2) is 0 Å². The topological polar surface area (TPSA) is 79.3 Å². The largest absolute Gasteiger partial charge is 0.480 e. The fourth-order valence-corrected chi connectivity index (χ4v) is 2.65. The minimum atomic E-state index is -1.03.